The molecule has 2 heterocycles. The Morgan fingerprint density at radius 1 is 1.07 bits per heavy atom. The van der Waals surface area contributed by atoms with Crippen LogP contribution in [0.25, 0.3) is 22.5 Å². The average molecular weight is 358 g/mol. The lowest BCUT2D eigenvalue weighted by Crippen LogP contribution is -2.15. The monoisotopic (exact) mass is 358 g/mol. The Hall–Kier alpha value is -2.87. The maximum atomic E-state index is 8.87. The van der Waals surface area contributed by atoms with Crippen LogP contribution in [-0.2, 0) is 11.3 Å². The molecule has 4 nitrogen and oxygen atoms in total. The molecule has 1 aliphatic heterocycles. The second-order valence-electron chi connectivity index (χ2n) is 6.63. The highest BCUT2D eigenvalue weighted by molar-refractivity contribution is 5.78. The highest BCUT2D eigenvalue weighted by Gasteiger charge is 2.20. The third-order valence-corrected chi connectivity index (χ3v) is 4.78. The van der Waals surface area contributed by atoms with Gasteiger partial charge >= 0.3 is 0 Å². The Kier molecular flexibility index (Phi) is 5.34. The molecule has 1 aromatic heterocycles. The van der Waals surface area contributed by atoms with Crippen molar-refractivity contribution in [3.8, 4) is 34.4 Å². The molecular formula is C23H22N2O2. The molecule has 1 saturated heterocycles. The van der Waals surface area contributed by atoms with Crippen LogP contribution in [0.15, 0.2) is 60.9 Å². The van der Waals surface area contributed by atoms with Gasteiger partial charge in [0.15, 0.2) is 0 Å². The average Bonchev–Trinajstić information content (AvgIpc) is 3.38. The molecule has 1 N–H and O–H groups in total. The van der Waals surface area contributed by atoms with Crippen molar-refractivity contribution >= 4 is 0 Å². The molecular weight excluding hydrogens is 336 g/mol. The first-order chi connectivity index (χ1) is 13.3. The minimum Gasteiger partial charge on any atom is -0.384 e. The molecule has 0 unspecified atom stereocenters. The number of aromatic nitrogens is 2. The smallest absolute Gasteiger partial charge is 0.104 e. The number of hydrogen-bond acceptors (Lipinski definition) is 3. The summed E-state index contributed by atoms with van der Waals surface area (Å²) in [6.45, 7) is 1.52. The highest BCUT2D eigenvalue weighted by atomic mass is 16.5. The molecule has 1 aliphatic rings. The fourth-order valence-corrected chi connectivity index (χ4v) is 3.49. The van der Waals surface area contributed by atoms with Gasteiger partial charge in [-0.15, -0.1) is 0 Å². The van der Waals surface area contributed by atoms with Gasteiger partial charge in [-0.2, -0.15) is 0 Å². The normalized spacial score (nSPS) is 16.1. The number of nitrogens with zero attached hydrogens (tertiary/aromatic N) is 2. The van der Waals surface area contributed by atoms with Gasteiger partial charge < -0.3 is 14.4 Å². The van der Waals surface area contributed by atoms with E-state index in [9.17, 15) is 0 Å². The second kappa shape index (κ2) is 8.22. The van der Waals surface area contributed by atoms with Crippen LogP contribution in [0.3, 0.4) is 0 Å². The molecule has 0 saturated carbocycles. The third-order valence-electron chi connectivity index (χ3n) is 4.78. The number of ether oxygens (including phenoxy) is 1. The van der Waals surface area contributed by atoms with E-state index in [0.717, 1.165) is 54.1 Å². The minimum atomic E-state index is -0.131. The first-order valence-corrected chi connectivity index (χ1v) is 9.27. The summed E-state index contributed by atoms with van der Waals surface area (Å²) in [6, 6.07) is 18.4. The van der Waals surface area contributed by atoms with Crippen molar-refractivity contribution in [1.29, 1.82) is 0 Å². The van der Waals surface area contributed by atoms with Crippen molar-refractivity contribution in [3.05, 3.63) is 66.5 Å². The lowest BCUT2D eigenvalue weighted by molar-refractivity contribution is 0.0973. The topological polar surface area (TPSA) is 47.3 Å². The molecule has 136 valence electrons. The van der Waals surface area contributed by atoms with E-state index in [-0.39, 0.29) is 12.7 Å². The van der Waals surface area contributed by atoms with E-state index < -0.39 is 0 Å². The van der Waals surface area contributed by atoms with Gasteiger partial charge in [0.25, 0.3) is 0 Å². The van der Waals surface area contributed by atoms with Crippen LogP contribution in [0.4, 0.5) is 0 Å². The van der Waals surface area contributed by atoms with Crippen LogP contribution in [0.5, 0.6) is 0 Å². The van der Waals surface area contributed by atoms with Gasteiger partial charge in [0.2, 0.25) is 0 Å². The van der Waals surface area contributed by atoms with E-state index in [0.29, 0.717) is 0 Å². The van der Waals surface area contributed by atoms with E-state index in [2.05, 4.69) is 40.7 Å². The third kappa shape index (κ3) is 3.95. The summed E-state index contributed by atoms with van der Waals surface area (Å²) >= 11 is 0. The number of hydrogen-bond donors (Lipinski definition) is 1. The molecule has 3 aromatic rings. The van der Waals surface area contributed by atoms with Crippen molar-refractivity contribution in [3.63, 3.8) is 0 Å². The van der Waals surface area contributed by atoms with Crippen molar-refractivity contribution in [2.45, 2.75) is 25.5 Å². The molecule has 0 spiro atoms. The summed E-state index contributed by atoms with van der Waals surface area (Å²) in [7, 11) is 0. The second-order valence-corrected chi connectivity index (χ2v) is 6.63. The van der Waals surface area contributed by atoms with Gasteiger partial charge in [-0.1, -0.05) is 54.3 Å². The standard InChI is InChI=1S/C23H22N2O2/c26-14-4-6-18-10-12-20(13-11-18)23-22(19-7-2-1-3-8-19)24-17-25(23)16-21-9-5-15-27-21/h1-3,7-8,10-13,17,21,26H,5,9,14-16H2/t21-/m0/s1. The molecule has 1 fully saturated rings. The first kappa shape index (κ1) is 17.5. The Morgan fingerprint density at radius 2 is 1.89 bits per heavy atom. The van der Waals surface area contributed by atoms with Crippen molar-refractivity contribution in [1.82, 2.24) is 9.55 Å². The summed E-state index contributed by atoms with van der Waals surface area (Å²) < 4.78 is 8.04. The molecule has 27 heavy (non-hydrogen) atoms. The van der Waals surface area contributed by atoms with Gasteiger partial charge in [-0.05, 0) is 25.0 Å². The lowest BCUT2D eigenvalue weighted by atomic mass is 10.0. The van der Waals surface area contributed by atoms with E-state index >= 15 is 0 Å². The van der Waals surface area contributed by atoms with Gasteiger partial charge in [-0.25, -0.2) is 4.98 Å². The van der Waals surface area contributed by atoms with Gasteiger partial charge in [0.1, 0.15) is 6.61 Å². The Morgan fingerprint density at radius 3 is 2.59 bits per heavy atom. The molecule has 4 rings (SSSR count). The van der Waals surface area contributed by atoms with E-state index in [4.69, 9.17) is 14.8 Å². The van der Waals surface area contributed by atoms with Crippen LogP contribution in [0.1, 0.15) is 18.4 Å². The molecule has 1 atom stereocenters. The molecule has 4 heteroatoms. The molecule has 0 amide bonds. The lowest BCUT2D eigenvalue weighted by Gasteiger charge is -2.14. The predicted molar refractivity (Wildman–Crippen MR) is 106 cm³/mol. The predicted octanol–water partition coefficient (Wildman–Crippen LogP) is 3.74. The fraction of sp³-hybridized carbons (Fsp3) is 0.261. The zero-order valence-electron chi connectivity index (χ0n) is 15.1. The summed E-state index contributed by atoms with van der Waals surface area (Å²) in [5, 5.41) is 8.87. The Bertz CT molecular complexity index is 944. The van der Waals surface area contributed by atoms with Crippen LogP contribution >= 0.6 is 0 Å². The highest BCUT2D eigenvalue weighted by Crippen LogP contribution is 2.32. The SMILES string of the molecule is OCC#Cc1ccc(-c2c(-c3ccccc3)ncn2C[C@@H]2CCCO2)cc1. The zero-order valence-corrected chi connectivity index (χ0v) is 15.1. The molecule has 0 bridgehead atoms. The quantitative estimate of drug-likeness (QED) is 0.723. The van der Waals surface area contributed by atoms with Crippen molar-refractivity contribution in [2.24, 2.45) is 0 Å². The van der Waals surface area contributed by atoms with E-state index in [1.807, 2.05) is 36.7 Å². The van der Waals surface area contributed by atoms with Gasteiger partial charge in [0.05, 0.1) is 30.4 Å². The number of aliphatic hydroxyl groups excluding tert-OH is 1. The maximum Gasteiger partial charge on any atom is 0.104 e. The number of imidazole rings is 1. The van der Waals surface area contributed by atoms with Gasteiger partial charge in [-0.3, -0.25) is 0 Å². The fourth-order valence-electron chi connectivity index (χ4n) is 3.49. The summed E-state index contributed by atoms with van der Waals surface area (Å²) in [6.07, 6.45) is 4.38. The summed E-state index contributed by atoms with van der Waals surface area (Å²) in [5.41, 5.74) is 5.15. The van der Waals surface area contributed by atoms with Crippen LogP contribution in [0, 0.1) is 11.8 Å². The number of benzene rings is 2. The van der Waals surface area contributed by atoms with Crippen molar-refractivity contribution in [2.75, 3.05) is 13.2 Å². The zero-order chi connectivity index (χ0) is 18.5. The molecule has 0 aliphatic carbocycles. The molecule has 0 radical (unpaired) electrons. The Labute approximate surface area is 159 Å². The van der Waals surface area contributed by atoms with E-state index in [1.165, 1.54) is 0 Å². The van der Waals surface area contributed by atoms with Crippen LogP contribution < -0.4 is 0 Å². The van der Waals surface area contributed by atoms with Crippen LogP contribution in [-0.4, -0.2) is 34.0 Å². The summed E-state index contributed by atoms with van der Waals surface area (Å²) in [5.74, 6) is 5.63. The Balaban J connectivity index is 1.74. The largest absolute Gasteiger partial charge is 0.384 e. The number of aliphatic hydroxyl groups is 1. The summed E-state index contributed by atoms with van der Waals surface area (Å²) in [4.78, 5) is 4.72. The number of rotatable bonds is 4. The maximum absolute atomic E-state index is 8.87. The minimum absolute atomic E-state index is 0.131. The van der Waals surface area contributed by atoms with Crippen LogP contribution in [0.2, 0.25) is 0 Å². The van der Waals surface area contributed by atoms with Gasteiger partial charge in [0, 0.05) is 23.3 Å². The van der Waals surface area contributed by atoms with Crippen molar-refractivity contribution < 1.29 is 9.84 Å². The first-order valence-electron chi connectivity index (χ1n) is 9.27. The van der Waals surface area contributed by atoms with E-state index in [1.54, 1.807) is 0 Å². The molecule has 2 aromatic carbocycles.